The lowest BCUT2D eigenvalue weighted by Crippen LogP contribution is -2.39. The molecule has 8 nitrogen and oxygen atoms in total. The van der Waals surface area contributed by atoms with Crippen molar-refractivity contribution in [2.24, 2.45) is 7.05 Å². The Morgan fingerprint density at radius 2 is 1.79 bits per heavy atom. The van der Waals surface area contributed by atoms with Crippen molar-refractivity contribution in [2.45, 2.75) is 26.9 Å². The molecule has 4 aromatic rings. The maximum absolute atomic E-state index is 13.4. The first-order valence-electron chi connectivity index (χ1n) is 9.66. The molecule has 0 unspecified atom stereocenters. The van der Waals surface area contributed by atoms with Gasteiger partial charge in [-0.25, -0.2) is 4.79 Å². The fourth-order valence-corrected chi connectivity index (χ4v) is 3.73. The lowest BCUT2D eigenvalue weighted by Gasteiger charge is -2.11. The standard InChI is InChI=1S/C21H26N6O2/c1-14-8-6-7-9-16(14)13-27-19(28)17-18(24(5)21(27)29)22-20-25(11-10-23(3)4)15(2)12-26(17)20/h6-9,12H,10-11,13H2,1-5H3. The molecule has 0 atom stereocenters. The first kappa shape index (κ1) is 19.2. The van der Waals surface area contributed by atoms with Gasteiger partial charge in [-0.15, -0.1) is 0 Å². The van der Waals surface area contributed by atoms with Gasteiger partial charge in [0.25, 0.3) is 5.56 Å². The molecule has 0 aliphatic carbocycles. The highest BCUT2D eigenvalue weighted by atomic mass is 16.2. The van der Waals surface area contributed by atoms with Gasteiger partial charge in [-0.1, -0.05) is 24.3 Å². The Kier molecular flexibility index (Phi) is 4.66. The average Bonchev–Trinajstić information content (AvgIpc) is 3.18. The zero-order valence-electron chi connectivity index (χ0n) is 17.5. The molecule has 3 aromatic heterocycles. The van der Waals surface area contributed by atoms with E-state index in [1.807, 2.05) is 62.8 Å². The molecule has 1 aromatic carbocycles. The van der Waals surface area contributed by atoms with Gasteiger partial charge in [0.15, 0.2) is 11.2 Å². The van der Waals surface area contributed by atoms with Crippen molar-refractivity contribution >= 4 is 16.9 Å². The van der Waals surface area contributed by atoms with Crippen molar-refractivity contribution in [1.82, 2.24) is 28.0 Å². The highest BCUT2D eigenvalue weighted by Gasteiger charge is 2.20. The summed E-state index contributed by atoms with van der Waals surface area (Å²) in [7, 11) is 5.71. The molecule has 0 radical (unpaired) electrons. The minimum Gasteiger partial charge on any atom is -0.313 e. The number of imidazole rings is 2. The first-order valence-corrected chi connectivity index (χ1v) is 9.66. The first-order chi connectivity index (χ1) is 13.8. The second kappa shape index (κ2) is 7.04. The molecule has 0 N–H and O–H groups in total. The van der Waals surface area contributed by atoms with Crippen LogP contribution in [0.3, 0.4) is 0 Å². The molecule has 4 rings (SSSR count). The van der Waals surface area contributed by atoms with E-state index in [2.05, 4.69) is 14.5 Å². The fraction of sp³-hybridized carbons (Fsp3) is 0.381. The van der Waals surface area contributed by atoms with Gasteiger partial charge < -0.3 is 9.47 Å². The summed E-state index contributed by atoms with van der Waals surface area (Å²) in [6.45, 7) is 5.83. The number of fused-ring (bicyclic) bond motifs is 3. The van der Waals surface area contributed by atoms with E-state index in [9.17, 15) is 9.59 Å². The monoisotopic (exact) mass is 394 g/mol. The molecule has 0 amide bonds. The van der Waals surface area contributed by atoms with Gasteiger partial charge in [-0.3, -0.25) is 18.3 Å². The second-order valence-corrected chi connectivity index (χ2v) is 7.84. The van der Waals surface area contributed by atoms with E-state index >= 15 is 0 Å². The van der Waals surface area contributed by atoms with Gasteiger partial charge in [-0.2, -0.15) is 4.98 Å². The average molecular weight is 394 g/mol. The topological polar surface area (TPSA) is 69.5 Å². The second-order valence-electron chi connectivity index (χ2n) is 7.84. The molecule has 0 fully saturated rings. The summed E-state index contributed by atoms with van der Waals surface area (Å²) in [5.41, 5.74) is 3.19. The van der Waals surface area contributed by atoms with Crippen LogP contribution in [0.25, 0.3) is 16.9 Å². The Balaban J connectivity index is 1.95. The summed E-state index contributed by atoms with van der Waals surface area (Å²) in [4.78, 5) is 33.1. The molecule has 0 bridgehead atoms. The summed E-state index contributed by atoms with van der Waals surface area (Å²) in [6.07, 6.45) is 1.92. The van der Waals surface area contributed by atoms with Gasteiger partial charge in [0, 0.05) is 32.0 Å². The minimum absolute atomic E-state index is 0.238. The number of hydrogen-bond acceptors (Lipinski definition) is 4. The molecule has 8 heteroatoms. The van der Waals surface area contributed by atoms with Crippen molar-refractivity contribution in [1.29, 1.82) is 0 Å². The number of likely N-dealkylation sites (N-methyl/N-ethyl adjacent to an activating group) is 1. The maximum Gasteiger partial charge on any atom is 0.332 e. The number of nitrogens with zero attached hydrogens (tertiary/aromatic N) is 6. The lowest BCUT2D eigenvalue weighted by molar-refractivity contribution is 0.384. The number of hydrogen-bond donors (Lipinski definition) is 0. The van der Waals surface area contributed by atoms with Crippen LogP contribution in [0, 0.1) is 13.8 Å². The number of aromatic nitrogens is 5. The maximum atomic E-state index is 13.4. The van der Waals surface area contributed by atoms with Crippen molar-refractivity contribution < 1.29 is 0 Å². The van der Waals surface area contributed by atoms with E-state index in [1.54, 1.807) is 7.05 Å². The Morgan fingerprint density at radius 3 is 2.48 bits per heavy atom. The summed E-state index contributed by atoms with van der Waals surface area (Å²) < 4.78 is 6.66. The molecule has 0 aliphatic rings. The molecule has 3 heterocycles. The quantitative estimate of drug-likeness (QED) is 0.513. The molecule has 152 valence electrons. The third-order valence-corrected chi connectivity index (χ3v) is 5.50. The van der Waals surface area contributed by atoms with Crippen LogP contribution in [-0.4, -0.2) is 48.6 Å². The predicted octanol–water partition coefficient (Wildman–Crippen LogP) is 1.38. The van der Waals surface area contributed by atoms with Crippen LogP contribution in [0.5, 0.6) is 0 Å². The van der Waals surface area contributed by atoms with Crippen molar-refractivity contribution in [3.8, 4) is 0 Å². The summed E-state index contributed by atoms with van der Waals surface area (Å²) >= 11 is 0. The van der Waals surface area contributed by atoms with Gasteiger partial charge >= 0.3 is 5.69 Å². The van der Waals surface area contributed by atoms with Crippen LogP contribution >= 0.6 is 0 Å². The summed E-state index contributed by atoms with van der Waals surface area (Å²) in [5, 5.41) is 0. The van der Waals surface area contributed by atoms with Gasteiger partial charge in [0.1, 0.15) is 0 Å². The molecule has 0 saturated heterocycles. The van der Waals surface area contributed by atoms with Crippen molar-refractivity contribution in [3.05, 3.63) is 68.1 Å². The molecule has 0 aliphatic heterocycles. The third kappa shape index (κ3) is 3.09. The van der Waals surface area contributed by atoms with E-state index < -0.39 is 0 Å². The normalized spacial score (nSPS) is 11.9. The van der Waals surface area contributed by atoms with Crippen LogP contribution in [0.15, 0.2) is 40.1 Å². The minimum atomic E-state index is -0.358. The van der Waals surface area contributed by atoms with E-state index in [1.165, 1.54) is 9.13 Å². The Bertz CT molecular complexity index is 1340. The highest BCUT2D eigenvalue weighted by Crippen LogP contribution is 2.16. The van der Waals surface area contributed by atoms with E-state index in [0.29, 0.717) is 16.9 Å². The third-order valence-electron chi connectivity index (χ3n) is 5.50. The fourth-order valence-electron chi connectivity index (χ4n) is 3.73. The molecular weight excluding hydrogens is 368 g/mol. The SMILES string of the molecule is Cc1ccccc1Cn1c(=O)c2c(nc3n(CCN(C)C)c(C)cn23)n(C)c1=O. The van der Waals surface area contributed by atoms with Crippen molar-refractivity contribution in [2.75, 3.05) is 20.6 Å². The smallest absolute Gasteiger partial charge is 0.313 e. The van der Waals surface area contributed by atoms with E-state index in [4.69, 9.17) is 0 Å². The zero-order chi connectivity index (χ0) is 20.9. The predicted molar refractivity (Wildman–Crippen MR) is 114 cm³/mol. The number of benzene rings is 1. The van der Waals surface area contributed by atoms with E-state index in [-0.39, 0.29) is 17.8 Å². The largest absolute Gasteiger partial charge is 0.332 e. The highest BCUT2D eigenvalue weighted by molar-refractivity contribution is 5.75. The van der Waals surface area contributed by atoms with Gasteiger partial charge in [0.2, 0.25) is 5.78 Å². The molecule has 0 saturated carbocycles. The number of aryl methyl sites for hydroxylation is 3. The van der Waals surface area contributed by atoms with Crippen LogP contribution in [0.2, 0.25) is 0 Å². The zero-order valence-corrected chi connectivity index (χ0v) is 17.5. The lowest BCUT2D eigenvalue weighted by atomic mass is 10.1. The van der Waals surface area contributed by atoms with Gasteiger partial charge in [0.05, 0.1) is 6.54 Å². The summed E-state index contributed by atoms with van der Waals surface area (Å²) in [5.74, 6) is 0.681. The van der Waals surface area contributed by atoms with Crippen LogP contribution in [0.1, 0.15) is 16.8 Å². The van der Waals surface area contributed by atoms with Gasteiger partial charge in [-0.05, 0) is 39.1 Å². The number of rotatable bonds is 5. The van der Waals surface area contributed by atoms with Crippen LogP contribution in [0.4, 0.5) is 0 Å². The summed E-state index contributed by atoms with van der Waals surface area (Å²) in [6, 6.07) is 7.79. The molecule has 0 spiro atoms. The Labute approximate surface area is 168 Å². The van der Waals surface area contributed by atoms with Crippen LogP contribution < -0.4 is 11.2 Å². The van der Waals surface area contributed by atoms with Crippen LogP contribution in [-0.2, 0) is 20.1 Å². The van der Waals surface area contributed by atoms with Crippen molar-refractivity contribution in [3.63, 3.8) is 0 Å². The van der Waals surface area contributed by atoms with E-state index in [0.717, 1.165) is 29.9 Å². The Hall–Kier alpha value is -3.13. The Morgan fingerprint density at radius 1 is 1.07 bits per heavy atom. The molecule has 29 heavy (non-hydrogen) atoms. The molecular formula is C21H26N6O2.